The minimum Gasteiger partial charge on any atom is -0.488 e. The Morgan fingerprint density at radius 2 is 1.90 bits per heavy atom. The van der Waals surface area contributed by atoms with Crippen LogP contribution in [0.2, 0.25) is 0 Å². The van der Waals surface area contributed by atoms with Gasteiger partial charge in [0.05, 0.1) is 31.0 Å². The molecule has 0 radical (unpaired) electrons. The van der Waals surface area contributed by atoms with Crippen molar-refractivity contribution in [3.8, 4) is 5.75 Å². The van der Waals surface area contributed by atoms with Crippen LogP contribution in [0.1, 0.15) is 36.6 Å². The Hall–Kier alpha value is -2.68. The number of hydrogen-bond donors (Lipinski definition) is 1. The van der Waals surface area contributed by atoms with Gasteiger partial charge in [0.1, 0.15) is 23.5 Å². The van der Waals surface area contributed by atoms with Gasteiger partial charge in [-0.05, 0) is 37.5 Å². The van der Waals surface area contributed by atoms with Crippen molar-refractivity contribution in [1.29, 1.82) is 0 Å². The van der Waals surface area contributed by atoms with E-state index in [2.05, 4.69) is 21.9 Å². The molecule has 1 aromatic heterocycles. The lowest BCUT2D eigenvalue weighted by Gasteiger charge is -2.47. The lowest BCUT2D eigenvalue weighted by atomic mass is 9.93. The molecule has 29 heavy (non-hydrogen) atoms. The van der Waals surface area contributed by atoms with Crippen molar-refractivity contribution >= 4 is 11.5 Å². The fourth-order valence-corrected chi connectivity index (χ4v) is 3.58. The van der Waals surface area contributed by atoms with Crippen LogP contribution in [-0.4, -0.2) is 51.3 Å². The maximum Gasteiger partial charge on any atom is 0.420 e. The van der Waals surface area contributed by atoms with Crippen molar-refractivity contribution in [2.24, 2.45) is 4.99 Å². The van der Waals surface area contributed by atoms with Gasteiger partial charge >= 0.3 is 6.18 Å². The number of alkyl halides is 3. The highest BCUT2D eigenvalue weighted by atomic mass is 19.4. The largest absolute Gasteiger partial charge is 0.488 e. The highest BCUT2D eigenvalue weighted by molar-refractivity contribution is 6.14. The third kappa shape index (κ3) is 3.13. The Bertz CT molecular complexity index is 1010. The number of anilines is 1. The first kappa shape index (κ1) is 18.4. The molecular weight excluding hydrogens is 385 g/mol. The topological polar surface area (TPSA) is 70.8 Å². The molecule has 5 rings (SSSR count). The van der Waals surface area contributed by atoms with Gasteiger partial charge in [-0.2, -0.15) is 13.2 Å². The van der Waals surface area contributed by atoms with Crippen LogP contribution in [0.4, 0.5) is 19.0 Å². The summed E-state index contributed by atoms with van der Waals surface area (Å²) in [7, 11) is 0. The van der Waals surface area contributed by atoms with E-state index in [0.717, 1.165) is 29.7 Å². The Labute approximate surface area is 165 Å². The Balaban J connectivity index is 1.39. The number of fused-ring (bicyclic) bond motifs is 1. The van der Waals surface area contributed by atoms with Crippen LogP contribution < -0.4 is 9.64 Å². The molecule has 6 nitrogen and oxygen atoms in total. The molecule has 1 saturated carbocycles. The summed E-state index contributed by atoms with van der Waals surface area (Å²) in [5, 5.41) is 9.67. The molecule has 0 unspecified atom stereocenters. The summed E-state index contributed by atoms with van der Waals surface area (Å²) in [5.41, 5.74) is 0.364. The highest BCUT2D eigenvalue weighted by Gasteiger charge is 2.61. The van der Waals surface area contributed by atoms with Crippen LogP contribution in [0.25, 0.3) is 0 Å². The maximum absolute atomic E-state index is 12.9. The van der Waals surface area contributed by atoms with Crippen LogP contribution in [0.3, 0.4) is 0 Å². The number of hydrogen-bond acceptors (Lipinski definition) is 6. The van der Waals surface area contributed by atoms with Gasteiger partial charge in [-0.1, -0.05) is 6.07 Å². The quantitative estimate of drug-likeness (QED) is 0.849. The van der Waals surface area contributed by atoms with Crippen molar-refractivity contribution in [2.45, 2.75) is 43.7 Å². The molecule has 2 fully saturated rings. The predicted molar refractivity (Wildman–Crippen MR) is 99.3 cm³/mol. The zero-order valence-electron chi connectivity index (χ0n) is 15.7. The summed E-state index contributed by atoms with van der Waals surface area (Å²) in [6.07, 6.45) is -1.30. The van der Waals surface area contributed by atoms with E-state index in [-0.39, 0.29) is 5.60 Å². The van der Waals surface area contributed by atoms with Crippen LogP contribution in [-0.2, 0) is 6.54 Å². The van der Waals surface area contributed by atoms with Gasteiger partial charge < -0.3 is 14.7 Å². The fourth-order valence-electron chi connectivity index (χ4n) is 3.58. The number of aliphatic hydroxyl groups is 1. The minimum atomic E-state index is -4.66. The molecule has 3 aliphatic rings. The van der Waals surface area contributed by atoms with Crippen LogP contribution in [0.5, 0.6) is 5.75 Å². The zero-order valence-corrected chi connectivity index (χ0v) is 15.7. The first-order valence-electron chi connectivity index (χ1n) is 9.39. The van der Waals surface area contributed by atoms with Crippen molar-refractivity contribution in [1.82, 2.24) is 9.97 Å². The van der Waals surface area contributed by atoms with Crippen LogP contribution in [0, 0.1) is 0 Å². The first-order chi connectivity index (χ1) is 13.7. The molecule has 1 aromatic carbocycles. The fraction of sp³-hybridized carbons (Fsp3) is 0.450. The summed E-state index contributed by atoms with van der Waals surface area (Å²) in [4.78, 5) is 14.3. The van der Waals surface area contributed by atoms with Crippen LogP contribution in [0.15, 0.2) is 35.6 Å². The number of aliphatic imine (C=N–C) groups is 1. The van der Waals surface area contributed by atoms with Gasteiger partial charge in [-0.3, -0.25) is 4.99 Å². The summed E-state index contributed by atoms with van der Waals surface area (Å²) in [6, 6.07) is 7.47. The van der Waals surface area contributed by atoms with Crippen molar-refractivity contribution in [3.63, 3.8) is 0 Å². The van der Waals surface area contributed by atoms with Crippen LogP contribution >= 0.6 is 0 Å². The van der Waals surface area contributed by atoms with Gasteiger partial charge in [0, 0.05) is 11.6 Å². The van der Waals surface area contributed by atoms with E-state index in [1.807, 2.05) is 18.2 Å². The number of β-amino-alcohol motifs (C(OH)–C–C–N with tert-alkyl or cyclic N) is 1. The Morgan fingerprint density at radius 1 is 1.14 bits per heavy atom. The van der Waals surface area contributed by atoms with Gasteiger partial charge in [0.25, 0.3) is 0 Å². The number of aromatic nitrogens is 2. The maximum atomic E-state index is 12.9. The zero-order chi connectivity index (χ0) is 20.4. The van der Waals surface area contributed by atoms with Crippen molar-refractivity contribution < 1.29 is 23.0 Å². The molecule has 0 bridgehead atoms. The number of nitrogens with zero attached hydrogens (tertiary/aromatic N) is 4. The molecule has 1 saturated heterocycles. The second-order valence-corrected chi connectivity index (χ2v) is 8.18. The smallest absolute Gasteiger partial charge is 0.420 e. The molecule has 152 valence electrons. The molecule has 3 heterocycles. The second kappa shape index (κ2) is 5.91. The number of ether oxygens (including phenoxy) is 1. The normalized spacial score (nSPS) is 21.3. The molecule has 0 atom stereocenters. The van der Waals surface area contributed by atoms with E-state index in [4.69, 9.17) is 4.74 Å². The summed E-state index contributed by atoms with van der Waals surface area (Å²) in [5.74, 6) is 1.10. The molecule has 1 N–H and O–H groups in total. The third-order valence-electron chi connectivity index (χ3n) is 5.71. The summed E-state index contributed by atoms with van der Waals surface area (Å²) >= 11 is 0. The number of benzene rings is 1. The summed E-state index contributed by atoms with van der Waals surface area (Å²) < 4.78 is 44.7. The molecule has 2 aromatic rings. The Morgan fingerprint density at radius 3 is 2.59 bits per heavy atom. The van der Waals surface area contributed by atoms with Crippen molar-refractivity contribution in [2.75, 3.05) is 18.0 Å². The van der Waals surface area contributed by atoms with E-state index < -0.39 is 24.9 Å². The minimum absolute atomic E-state index is 0.0982. The van der Waals surface area contributed by atoms with Gasteiger partial charge in [0.2, 0.25) is 0 Å². The summed E-state index contributed by atoms with van der Waals surface area (Å²) in [6.45, 7) is 1.49. The van der Waals surface area contributed by atoms with E-state index >= 15 is 0 Å². The van der Waals surface area contributed by atoms with E-state index in [1.165, 1.54) is 11.2 Å². The first-order valence-corrected chi connectivity index (χ1v) is 9.39. The number of rotatable bonds is 4. The van der Waals surface area contributed by atoms with E-state index in [9.17, 15) is 18.3 Å². The number of halogens is 3. The highest BCUT2D eigenvalue weighted by Crippen LogP contribution is 2.41. The van der Waals surface area contributed by atoms with E-state index in [1.54, 1.807) is 6.07 Å². The average molecular weight is 404 g/mol. The van der Waals surface area contributed by atoms with E-state index in [0.29, 0.717) is 23.8 Å². The van der Waals surface area contributed by atoms with Gasteiger partial charge in [-0.25, -0.2) is 9.97 Å². The Kier molecular flexibility index (Phi) is 3.74. The average Bonchev–Trinajstić information content (AvgIpc) is 3.21. The standard InChI is InChI=1S/C20H19F3N4O2/c1-18(4-5-18)29-13-3-2-12-8-24-17(14(12)6-13)15-7-16(26-11-25-15)27-9-19(28,10-27)20(21,22)23/h2-3,6-7,11,28H,4-5,8-10H2,1H3. The SMILES string of the molecule is CC1(Oc2ccc3c(c2)C(c2cc(N4CC(O)(C(F)(F)F)C4)ncn2)=NC3)CC1. The molecule has 0 spiro atoms. The monoisotopic (exact) mass is 404 g/mol. The third-order valence-corrected chi connectivity index (χ3v) is 5.71. The predicted octanol–water partition coefficient (Wildman–Crippen LogP) is 2.87. The lowest BCUT2D eigenvalue weighted by Crippen LogP contribution is -2.69. The lowest BCUT2D eigenvalue weighted by molar-refractivity contribution is -0.267. The van der Waals surface area contributed by atoms with Gasteiger partial charge in [0.15, 0.2) is 5.60 Å². The molecule has 0 amide bonds. The molecule has 1 aliphatic carbocycles. The van der Waals surface area contributed by atoms with Crippen molar-refractivity contribution in [3.05, 3.63) is 47.4 Å². The van der Waals surface area contributed by atoms with Gasteiger partial charge in [-0.15, -0.1) is 0 Å². The molecule has 2 aliphatic heterocycles. The molecular formula is C20H19F3N4O2. The second-order valence-electron chi connectivity index (χ2n) is 8.18. The molecule has 9 heteroatoms.